The zero-order chi connectivity index (χ0) is 7.56. The summed E-state index contributed by atoms with van der Waals surface area (Å²) in [6, 6.07) is 5.00. The number of rotatable bonds is 1. The highest BCUT2D eigenvalue weighted by molar-refractivity contribution is 9.10. The number of carbonyl (C=O) groups is 1. The Labute approximate surface area is 67.4 Å². The Kier molecular flexibility index (Phi) is 2.17. The normalized spacial score (nSPS) is 9.40. The Morgan fingerprint density at radius 3 is 2.70 bits per heavy atom. The fraction of sp³-hybridized carbons (Fsp3) is 0. The molecule has 2 nitrogen and oxygen atoms in total. The molecule has 2 radical (unpaired) electrons. The fourth-order valence-electron chi connectivity index (χ4n) is 0.545. The van der Waals surface area contributed by atoms with Gasteiger partial charge in [0, 0.05) is 6.92 Å². The van der Waals surface area contributed by atoms with Crippen molar-refractivity contribution in [2.24, 2.45) is 0 Å². The number of ketones is 1. The molecule has 10 heavy (non-hydrogen) atoms. The lowest BCUT2D eigenvalue weighted by atomic mass is 10.3. The van der Waals surface area contributed by atoms with Gasteiger partial charge in [0.25, 0.3) is 0 Å². The lowest BCUT2D eigenvalue weighted by Gasteiger charge is -1.92. The van der Waals surface area contributed by atoms with Crippen LogP contribution in [0, 0.1) is 6.92 Å². The van der Waals surface area contributed by atoms with Crippen LogP contribution in [0.4, 0.5) is 0 Å². The number of pyridine rings is 1. The van der Waals surface area contributed by atoms with E-state index in [1.807, 2.05) is 0 Å². The SMILES string of the molecule is [CH]C(=O)c1cccc(Br)n1. The summed E-state index contributed by atoms with van der Waals surface area (Å²) in [4.78, 5) is 14.3. The maximum Gasteiger partial charge on any atom is 0.185 e. The molecule has 0 bridgehead atoms. The van der Waals surface area contributed by atoms with Crippen LogP contribution in [0.1, 0.15) is 10.5 Å². The summed E-state index contributed by atoms with van der Waals surface area (Å²) in [5.74, 6) is -0.513. The summed E-state index contributed by atoms with van der Waals surface area (Å²) in [5.41, 5.74) is 0.273. The van der Waals surface area contributed by atoms with E-state index in [0.29, 0.717) is 4.60 Å². The standard InChI is InChI=1S/C7H4BrNO/c1-5(10)6-3-2-4-7(8)9-6/h1-4H. The molecule has 1 heterocycles. The number of hydrogen-bond acceptors (Lipinski definition) is 2. The molecule has 1 rings (SSSR count). The van der Waals surface area contributed by atoms with Gasteiger partial charge < -0.3 is 0 Å². The molecule has 0 fully saturated rings. The van der Waals surface area contributed by atoms with Crippen LogP contribution < -0.4 is 0 Å². The summed E-state index contributed by atoms with van der Waals surface area (Å²) >= 11 is 3.11. The number of hydrogen-bond donors (Lipinski definition) is 0. The van der Waals surface area contributed by atoms with Gasteiger partial charge >= 0.3 is 0 Å². The zero-order valence-corrected chi connectivity index (χ0v) is 6.63. The number of nitrogens with zero attached hydrogens (tertiary/aromatic N) is 1. The van der Waals surface area contributed by atoms with Gasteiger partial charge in [-0.3, -0.25) is 4.79 Å². The second kappa shape index (κ2) is 2.92. The average Bonchev–Trinajstić information content (AvgIpc) is 1.88. The van der Waals surface area contributed by atoms with E-state index in [1.54, 1.807) is 18.2 Å². The molecule has 0 aliphatic heterocycles. The van der Waals surface area contributed by atoms with E-state index in [1.165, 1.54) is 0 Å². The highest BCUT2D eigenvalue weighted by atomic mass is 79.9. The summed E-state index contributed by atoms with van der Waals surface area (Å²) in [5, 5.41) is 0. The quantitative estimate of drug-likeness (QED) is 0.508. The number of carbonyl (C=O) groups excluding carboxylic acids is 1. The third-order valence-electron chi connectivity index (χ3n) is 0.968. The van der Waals surface area contributed by atoms with E-state index in [9.17, 15) is 4.79 Å². The van der Waals surface area contributed by atoms with Crippen LogP contribution in [-0.4, -0.2) is 10.8 Å². The molecule has 1 aromatic heterocycles. The third kappa shape index (κ3) is 1.64. The molecule has 50 valence electrons. The van der Waals surface area contributed by atoms with E-state index >= 15 is 0 Å². The third-order valence-corrected chi connectivity index (χ3v) is 1.41. The van der Waals surface area contributed by atoms with Crippen molar-refractivity contribution in [1.82, 2.24) is 4.98 Å². The first-order valence-corrected chi connectivity index (χ1v) is 3.42. The van der Waals surface area contributed by atoms with Crippen molar-refractivity contribution in [1.29, 1.82) is 0 Å². The van der Waals surface area contributed by atoms with E-state index in [-0.39, 0.29) is 5.69 Å². The molecule has 0 amide bonds. The maximum absolute atomic E-state index is 10.5. The maximum atomic E-state index is 10.5. The van der Waals surface area contributed by atoms with Gasteiger partial charge in [-0.15, -0.1) is 0 Å². The number of Topliss-reactive ketones (excluding diaryl/α,β-unsaturated/α-hetero) is 1. The van der Waals surface area contributed by atoms with Crippen LogP contribution in [0.2, 0.25) is 0 Å². The topological polar surface area (TPSA) is 30.0 Å². The van der Waals surface area contributed by atoms with Gasteiger partial charge in [-0.1, -0.05) is 6.07 Å². The zero-order valence-electron chi connectivity index (χ0n) is 5.04. The lowest BCUT2D eigenvalue weighted by Crippen LogP contribution is -1.95. The molecule has 0 aliphatic carbocycles. The molecular formula is C7H4BrNO. The minimum absolute atomic E-state index is 0.273. The van der Waals surface area contributed by atoms with Crippen molar-refractivity contribution in [3.05, 3.63) is 35.4 Å². The molecule has 0 atom stereocenters. The Balaban J connectivity index is 3.07. The molecule has 0 saturated heterocycles. The smallest absolute Gasteiger partial charge is 0.185 e. The van der Waals surface area contributed by atoms with E-state index in [0.717, 1.165) is 0 Å². The van der Waals surface area contributed by atoms with E-state index in [4.69, 9.17) is 6.92 Å². The van der Waals surface area contributed by atoms with Gasteiger partial charge in [0.15, 0.2) is 5.78 Å². The van der Waals surface area contributed by atoms with E-state index in [2.05, 4.69) is 20.9 Å². The van der Waals surface area contributed by atoms with Crippen molar-refractivity contribution < 1.29 is 4.79 Å². The monoisotopic (exact) mass is 197 g/mol. The Morgan fingerprint density at radius 1 is 1.60 bits per heavy atom. The predicted molar refractivity (Wildman–Crippen MR) is 40.6 cm³/mol. The Morgan fingerprint density at radius 2 is 2.30 bits per heavy atom. The van der Waals surface area contributed by atoms with Crippen LogP contribution in [0.5, 0.6) is 0 Å². The summed E-state index contributed by atoms with van der Waals surface area (Å²) in [6.45, 7) is 4.96. The molecule has 0 spiro atoms. The highest BCUT2D eigenvalue weighted by Gasteiger charge is 1.99. The largest absolute Gasteiger partial charge is 0.292 e. The van der Waals surface area contributed by atoms with Gasteiger partial charge in [0.2, 0.25) is 0 Å². The average molecular weight is 198 g/mol. The molecule has 3 heteroatoms. The minimum atomic E-state index is -0.513. The Bertz CT molecular complexity index is 260. The highest BCUT2D eigenvalue weighted by Crippen LogP contribution is 2.05. The molecule has 1 aromatic rings. The lowest BCUT2D eigenvalue weighted by molar-refractivity contribution is 0.103. The molecule has 0 saturated carbocycles. The molecular weight excluding hydrogens is 194 g/mol. The predicted octanol–water partition coefficient (Wildman–Crippen LogP) is 1.74. The van der Waals surface area contributed by atoms with E-state index < -0.39 is 5.78 Å². The summed E-state index contributed by atoms with van der Waals surface area (Å²) in [6.07, 6.45) is 0. The second-order valence-electron chi connectivity index (χ2n) is 1.71. The first kappa shape index (κ1) is 7.41. The van der Waals surface area contributed by atoms with Crippen molar-refractivity contribution in [3.63, 3.8) is 0 Å². The van der Waals surface area contributed by atoms with Crippen molar-refractivity contribution in [3.8, 4) is 0 Å². The summed E-state index contributed by atoms with van der Waals surface area (Å²) < 4.78 is 0.615. The van der Waals surface area contributed by atoms with Crippen molar-refractivity contribution in [2.75, 3.05) is 0 Å². The van der Waals surface area contributed by atoms with Gasteiger partial charge in [0.1, 0.15) is 10.3 Å². The van der Waals surface area contributed by atoms with Crippen LogP contribution in [-0.2, 0) is 0 Å². The number of aromatic nitrogens is 1. The Hall–Kier alpha value is -0.700. The van der Waals surface area contributed by atoms with Gasteiger partial charge in [0.05, 0.1) is 0 Å². The van der Waals surface area contributed by atoms with Crippen LogP contribution in [0.25, 0.3) is 0 Å². The van der Waals surface area contributed by atoms with Crippen LogP contribution in [0.15, 0.2) is 22.8 Å². The van der Waals surface area contributed by atoms with Gasteiger partial charge in [-0.25, -0.2) is 4.98 Å². The molecule has 0 N–H and O–H groups in total. The second-order valence-corrected chi connectivity index (χ2v) is 2.52. The fourth-order valence-corrected chi connectivity index (χ4v) is 0.889. The molecule has 0 aromatic carbocycles. The minimum Gasteiger partial charge on any atom is -0.292 e. The molecule has 0 aliphatic rings. The summed E-state index contributed by atoms with van der Waals surface area (Å²) in [7, 11) is 0. The van der Waals surface area contributed by atoms with Crippen LogP contribution >= 0.6 is 15.9 Å². The van der Waals surface area contributed by atoms with Crippen LogP contribution in [0.3, 0.4) is 0 Å². The number of halogens is 1. The first-order valence-electron chi connectivity index (χ1n) is 2.62. The van der Waals surface area contributed by atoms with Crippen molar-refractivity contribution in [2.45, 2.75) is 0 Å². The first-order chi connectivity index (χ1) is 4.70. The van der Waals surface area contributed by atoms with Gasteiger partial charge in [-0.2, -0.15) is 0 Å². The van der Waals surface area contributed by atoms with Crippen molar-refractivity contribution >= 4 is 21.7 Å². The van der Waals surface area contributed by atoms with Gasteiger partial charge in [-0.05, 0) is 28.1 Å². The molecule has 0 unspecified atom stereocenters.